The number of anilines is 1. The third-order valence-electron chi connectivity index (χ3n) is 4.71. The molecule has 0 aromatic carbocycles. The van der Waals surface area contributed by atoms with Crippen LogP contribution < -0.4 is 5.32 Å². The van der Waals surface area contributed by atoms with Gasteiger partial charge in [0.2, 0.25) is 5.91 Å². The molecule has 0 spiro atoms. The van der Waals surface area contributed by atoms with Crippen LogP contribution in [0.2, 0.25) is 0 Å². The molecule has 22 heavy (non-hydrogen) atoms. The summed E-state index contributed by atoms with van der Waals surface area (Å²) in [5.74, 6) is 1.99. The van der Waals surface area contributed by atoms with Gasteiger partial charge in [0.05, 0.1) is 0 Å². The molecule has 1 amide bonds. The zero-order chi connectivity index (χ0) is 15.4. The zero-order valence-corrected chi connectivity index (χ0v) is 13.4. The number of pyridine rings is 1. The molecule has 2 aliphatic heterocycles. The summed E-state index contributed by atoms with van der Waals surface area (Å²) >= 11 is 0. The monoisotopic (exact) mass is 302 g/mol. The Morgan fingerprint density at radius 3 is 3.05 bits per heavy atom. The smallest absolute Gasteiger partial charge is 0.222 e. The van der Waals surface area contributed by atoms with Crippen LogP contribution in [0.4, 0.5) is 5.82 Å². The van der Waals surface area contributed by atoms with Crippen LogP contribution in [-0.4, -0.2) is 60.0 Å². The predicted molar refractivity (Wildman–Crippen MR) is 87.8 cm³/mol. The van der Waals surface area contributed by atoms with E-state index < -0.39 is 0 Å². The molecule has 2 aliphatic rings. The molecule has 0 saturated carbocycles. The molecule has 120 valence electrons. The summed E-state index contributed by atoms with van der Waals surface area (Å²) in [5, 5.41) is 3.45. The van der Waals surface area contributed by atoms with Crippen molar-refractivity contribution in [2.45, 2.75) is 26.2 Å². The second-order valence-electron chi connectivity index (χ2n) is 6.54. The van der Waals surface area contributed by atoms with Crippen molar-refractivity contribution in [1.29, 1.82) is 0 Å². The maximum absolute atomic E-state index is 11.6. The average molecular weight is 302 g/mol. The number of nitrogens with zero attached hydrogens (tertiary/aromatic N) is 3. The molecule has 3 heterocycles. The lowest BCUT2D eigenvalue weighted by molar-refractivity contribution is -0.127. The maximum atomic E-state index is 11.6. The summed E-state index contributed by atoms with van der Waals surface area (Å²) in [6.07, 6.45) is 4.86. The molecule has 1 aromatic rings. The lowest BCUT2D eigenvalue weighted by Gasteiger charge is -2.21. The number of rotatable bonds is 6. The lowest BCUT2D eigenvalue weighted by atomic mass is 10.1. The van der Waals surface area contributed by atoms with E-state index in [1.807, 2.05) is 17.2 Å². The third-order valence-corrected chi connectivity index (χ3v) is 4.71. The predicted octanol–water partition coefficient (Wildman–Crippen LogP) is 1.75. The highest BCUT2D eigenvalue weighted by atomic mass is 16.2. The van der Waals surface area contributed by atoms with Crippen molar-refractivity contribution in [3.8, 4) is 0 Å². The van der Waals surface area contributed by atoms with Gasteiger partial charge in [-0.3, -0.25) is 4.79 Å². The minimum atomic E-state index is 0.336. The molecule has 0 radical (unpaired) electrons. The van der Waals surface area contributed by atoms with Crippen molar-refractivity contribution in [3.63, 3.8) is 0 Å². The number of aryl methyl sites for hydroxylation is 1. The quantitative estimate of drug-likeness (QED) is 0.870. The average Bonchev–Trinajstić information content (AvgIpc) is 3.12. The van der Waals surface area contributed by atoms with E-state index in [-0.39, 0.29) is 0 Å². The Bertz CT molecular complexity index is 519. The first-order valence-corrected chi connectivity index (χ1v) is 8.37. The number of likely N-dealkylation sites (tertiary alicyclic amines) is 2. The van der Waals surface area contributed by atoms with Crippen LogP contribution in [0.3, 0.4) is 0 Å². The molecular formula is C17H26N4O. The minimum Gasteiger partial charge on any atom is -0.370 e. The Morgan fingerprint density at radius 1 is 1.36 bits per heavy atom. The van der Waals surface area contributed by atoms with Crippen LogP contribution in [0, 0.1) is 12.8 Å². The summed E-state index contributed by atoms with van der Waals surface area (Å²) < 4.78 is 0. The molecule has 5 heteroatoms. The molecule has 1 N–H and O–H groups in total. The van der Waals surface area contributed by atoms with Crippen molar-refractivity contribution in [2.24, 2.45) is 5.92 Å². The van der Waals surface area contributed by atoms with Gasteiger partial charge in [0.15, 0.2) is 0 Å². The van der Waals surface area contributed by atoms with E-state index in [9.17, 15) is 4.79 Å². The standard InChI is InChI=1S/C17H26N4O/c1-14-4-6-18-16(11-14)19-12-15-5-8-20(13-15)9-10-21-7-2-3-17(21)22/h4,6,11,15H,2-3,5,7-10,12-13H2,1H3,(H,18,19)/t15-/m1/s1. The molecule has 1 aromatic heterocycles. The van der Waals surface area contributed by atoms with Gasteiger partial charge in [-0.15, -0.1) is 0 Å². The Morgan fingerprint density at radius 2 is 2.27 bits per heavy atom. The molecule has 5 nitrogen and oxygen atoms in total. The third kappa shape index (κ3) is 3.97. The normalized spacial score (nSPS) is 22.5. The van der Waals surface area contributed by atoms with Gasteiger partial charge >= 0.3 is 0 Å². The molecule has 0 unspecified atom stereocenters. The molecule has 3 rings (SSSR count). The van der Waals surface area contributed by atoms with Gasteiger partial charge in [-0.1, -0.05) is 0 Å². The summed E-state index contributed by atoms with van der Waals surface area (Å²) in [7, 11) is 0. The topological polar surface area (TPSA) is 48.5 Å². The number of hydrogen-bond donors (Lipinski definition) is 1. The SMILES string of the molecule is Cc1ccnc(NC[C@H]2CCN(CCN3CCCC3=O)C2)c1. The Kier molecular flexibility index (Phi) is 4.93. The van der Waals surface area contributed by atoms with Crippen molar-refractivity contribution in [3.05, 3.63) is 23.9 Å². The van der Waals surface area contributed by atoms with E-state index in [0.717, 1.165) is 57.9 Å². The number of amides is 1. The van der Waals surface area contributed by atoms with E-state index in [0.29, 0.717) is 11.8 Å². The fraction of sp³-hybridized carbons (Fsp3) is 0.647. The zero-order valence-electron chi connectivity index (χ0n) is 13.4. The van der Waals surface area contributed by atoms with E-state index in [4.69, 9.17) is 0 Å². The largest absolute Gasteiger partial charge is 0.370 e. The highest BCUT2D eigenvalue weighted by molar-refractivity contribution is 5.78. The van der Waals surface area contributed by atoms with Crippen LogP contribution in [0.25, 0.3) is 0 Å². The fourth-order valence-corrected chi connectivity index (χ4v) is 3.37. The van der Waals surface area contributed by atoms with Crippen LogP contribution in [0.1, 0.15) is 24.8 Å². The first-order chi connectivity index (χ1) is 10.7. The summed E-state index contributed by atoms with van der Waals surface area (Å²) in [4.78, 5) is 20.5. The first kappa shape index (κ1) is 15.3. The number of nitrogens with one attached hydrogen (secondary N) is 1. The van der Waals surface area contributed by atoms with Crippen LogP contribution in [-0.2, 0) is 4.79 Å². The molecule has 0 aliphatic carbocycles. The van der Waals surface area contributed by atoms with Gasteiger partial charge in [0, 0.05) is 45.3 Å². The summed E-state index contributed by atoms with van der Waals surface area (Å²) in [6, 6.07) is 4.10. The molecule has 2 fully saturated rings. The van der Waals surface area contributed by atoms with Crippen molar-refractivity contribution >= 4 is 11.7 Å². The van der Waals surface area contributed by atoms with E-state index in [1.165, 1.54) is 12.0 Å². The molecule has 1 atom stereocenters. The molecule has 0 bridgehead atoms. The molecule has 2 saturated heterocycles. The van der Waals surface area contributed by atoms with Gasteiger partial charge < -0.3 is 15.1 Å². The van der Waals surface area contributed by atoms with Crippen LogP contribution >= 0.6 is 0 Å². The van der Waals surface area contributed by atoms with Crippen molar-refractivity contribution in [1.82, 2.24) is 14.8 Å². The van der Waals surface area contributed by atoms with E-state index in [2.05, 4.69) is 28.2 Å². The Labute approximate surface area is 132 Å². The van der Waals surface area contributed by atoms with Gasteiger partial charge in [-0.25, -0.2) is 4.98 Å². The number of aromatic nitrogens is 1. The molecular weight excluding hydrogens is 276 g/mol. The van der Waals surface area contributed by atoms with Gasteiger partial charge in [-0.2, -0.15) is 0 Å². The van der Waals surface area contributed by atoms with Gasteiger partial charge in [0.1, 0.15) is 5.82 Å². The minimum absolute atomic E-state index is 0.336. The highest BCUT2D eigenvalue weighted by Gasteiger charge is 2.25. The summed E-state index contributed by atoms with van der Waals surface area (Å²) in [6.45, 7) is 8.22. The second-order valence-corrected chi connectivity index (χ2v) is 6.54. The van der Waals surface area contributed by atoms with E-state index >= 15 is 0 Å². The van der Waals surface area contributed by atoms with Crippen LogP contribution in [0.15, 0.2) is 18.3 Å². The lowest BCUT2D eigenvalue weighted by Crippen LogP contribution is -2.35. The van der Waals surface area contributed by atoms with Crippen LogP contribution in [0.5, 0.6) is 0 Å². The highest BCUT2D eigenvalue weighted by Crippen LogP contribution is 2.18. The first-order valence-electron chi connectivity index (χ1n) is 8.37. The Hall–Kier alpha value is -1.62. The maximum Gasteiger partial charge on any atom is 0.222 e. The second kappa shape index (κ2) is 7.09. The van der Waals surface area contributed by atoms with Crippen molar-refractivity contribution in [2.75, 3.05) is 44.6 Å². The number of hydrogen-bond acceptors (Lipinski definition) is 4. The van der Waals surface area contributed by atoms with Crippen molar-refractivity contribution < 1.29 is 4.79 Å². The Balaban J connectivity index is 1.38. The van der Waals surface area contributed by atoms with Gasteiger partial charge in [-0.05, 0) is 49.9 Å². The van der Waals surface area contributed by atoms with Gasteiger partial charge in [0.25, 0.3) is 0 Å². The van der Waals surface area contributed by atoms with E-state index in [1.54, 1.807) is 0 Å². The number of carbonyl (C=O) groups is 1. The number of carbonyl (C=O) groups excluding carboxylic acids is 1. The summed E-state index contributed by atoms with van der Waals surface area (Å²) in [5.41, 5.74) is 1.24. The fourth-order valence-electron chi connectivity index (χ4n) is 3.37.